The van der Waals surface area contributed by atoms with E-state index in [1.54, 1.807) is 0 Å². The van der Waals surface area contributed by atoms with Crippen LogP contribution in [0.4, 0.5) is 4.79 Å². The van der Waals surface area contributed by atoms with Crippen molar-refractivity contribution in [3.05, 3.63) is 0 Å². The van der Waals surface area contributed by atoms with E-state index in [9.17, 15) is 18.0 Å². The maximum absolute atomic E-state index is 11.7. The molecule has 9 nitrogen and oxygen atoms in total. The third-order valence-electron chi connectivity index (χ3n) is 2.83. The van der Waals surface area contributed by atoms with Crippen molar-refractivity contribution < 1.29 is 26.8 Å². The van der Waals surface area contributed by atoms with Crippen LogP contribution in [0.5, 0.6) is 0 Å². The number of amides is 3. The second kappa shape index (κ2) is 3.82. The third kappa shape index (κ3) is 2.18. The lowest BCUT2D eigenvalue weighted by molar-refractivity contribution is -0.122. The molecule has 0 aromatic rings. The lowest BCUT2D eigenvalue weighted by Crippen LogP contribution is -2.47. The third-order valence-corrected chi connectivity index (χ3v) is 3.17. The van der Waals surface area contributed by atoms with Gasteiger partial charge in [-0.1, -0.05) is 0 Å². The number of nitrogens with two attached hydrogens (primary N) is 1. The van der Waals surface area contributed by atoms with Gasteiger partial charge in [-0.15, -0.1) is 4.28 Å². The van der Waals surface area contributed by atoms with Crippen molar-refractivity contribution >= 4 is 22.3 Å². The first-order valence-electron chi connectivity index (χ1n) is 4.86. The zero-order valence-corrected chi connectivity index (χ0v) is 9.46. The van der Waals surface area contributed by atoms with Gasteiger partial charge in [0.15, 0.2) is 0 Å². The van der Waals surface area contributed by atoms with Gasteiger partial charge in [-0.2, -0.15) is 13.5 Å². The van der Waals surface area contributed by atoms with Gasteiger partial charge >= 0.3 is 16.4 Å². The average Bonchev–Trinajstić information content (AvgIpc) is 2.42. The molecule has 96 valence electrons. The van der Waals surface area contributed by atoms with Gasteiger partial charge < -0.3 is 10.6 Å². The Hall–Kier alpha value is -1.39. The summed E-state index contributed by atoms with van der Waals surface area (Å²) >= 11 is 0. The molecule has 0 aliphatic carbocycles. The van der Waals surface area contributed by atoms with Gasteiger partial charge in [0.1, 0.15) is 6.04 Å². The number of piperidine rings is 1. The van der Waals surface area contributed by atoms with Gasteiger partial charge in [-0.05, 0) is 12.8 Å². The Balaban J connectivity index is 2.20. The Kier molecular flexibility index (Phi) is 2.72. The lowest BCUT2D eigenvalue weighted by Gasteiger charge is -2.27. The Bertz CT molecular complexity index is 462. The fraction of sp³-hybridized carbons (Fsp3) is 0.714. The van der Waals surface area contributed by atoms with E-state index < -0.39 is 34.4 Å². The van der Waals surface area contributed by atoms with Crippen molar-refractivity contribution in [2.75, 3.05) is 6.54 Å². The molecule has 2 atom stereocenters. The Morgan fingerprint density at radius 1 is 1.47 bits per heavy atom. The Morgan fingerprint density at radius 2 is 2.12 bits per heavy atom. The van der Waals surface area contributed by atoms with Gasteiger partial charge in [-0.25, -0.2) is 4.79 Å². The van der Waals surface area contributed by atoms with Gasteiger partial charge in [0.2, 0.25) is 5.91 Å². The minimum atomic E-state index is -4.75. The first-order valence-corrected chi connectivity index (χ1v) is 6.22. The number of hydrogen-bond donors (Lipinski definition) is 2. The van der Waals surface area contributed by atoms with Crippen molar-refractivity contribution in [2.24, 2.45) is 5.73 Å². The molecule has 0 aromatic heterocycles. The highest BCUT2D eigenvalue weighted by Gasteiger charge is 2.48. The molecule has 0 saturated carbocycles. The number of fused-ring (bicyclic) bond motifs is 2. The van der Waals surface area contributed by atoms with Gasteiger partial charge in [0.05, 0.1) is 6.04 Å². The molecule has 10 heteroatoms. The topological polar surface area (TPSA) is 130 Å². The number of hydroxylamine groups is 2. The number of urea groups is 1. The maximum Gasteiger partial charge on any atom is 0.418 e. The molecule has 2 rings (SSSR count). The van der Waals surface area contributed by atoms with E-state index in [2.05, 4.69) is 4.28 Å². The highest BCUT2D eigenvalue weighted by atomic mass is 32.3. The van der Waals surface area contributed by atoms with E-state index in [4.69, 9.17) is 10.3 Å². The monoisotopic (exact) mass is 265 g/mol. The number of carbonyl (C=O) groups excluding carboxylic acids is 2. The molecule has 2 saturated heterocycles. The largest absolute Gasteiger partial charge is 0.418 e. The van der Waals surface area contributed by atoms with Gasteiger partial charge in [0, 0.05) is 6.54 Å². The Morgan fingerprint density at radius 3 is 2.65 bits per heavy atom. The van der Waals surface area contributed by atoms with E-state index in [1.807, 2.05) is 0 Å². The summed E-state index contributed by atoms with van der Waals surface area (Å²) in [5.74, 6) is -0.648. The van der Waals surface area contributed by atoms with Crippen LogP contribution in [0.25, 0.3) is 0 Å². The van der Waals surface area contributed by atoms with Crippen LogP contribution in [0.3, 0.4) is 0 Å². The summed E-state index contributed by atoms with van der Waals surface area (Å²) in [6, 6.07) is -2.04. The summed E-state index contributed by atoms with van der Waals surface area (Å²) in [6.07, 6.45) is 0.725. The second-order valence-corrected chi connectivity index (χ2v) is 4.92. The van der Waals surface area contributed by atoms with Crippen LogP contribution in [0.2, 0.25) is 0 Å². The summed E-state index contributed by atoms with van der Waals surface area (Å²) in [7, 11) is -4.75. The molecule has 2 fully saturated rings. The summed E-state index contributed by atoms with van der Waals surface area (Å²) in [5, 5.41) is 0.568. The van der Waals surface area contributed by atoms with Gasteiger partial charge in [-0.3, -0.25) is 9.35 Å². The van der Waals surface area contributed by atoms with Crippen molar-refractivity contribution in [1.82, 2.24) is 9.96 Å². The maximum atomic E-state index is 11.7. The van der Waals surface area contributed by atoms with E-state index in [0.29, 0.717) is 17.9 Å². The number of rotatable bonds is 3. The van der Waals surface area contributed by atoms with E-state index in [0.717, 1.165) is 4.90 Å². The zero-order valence-electron chi connectivity index (χ0n) is 8.64. The molecule has 3 N–H and O–H groups in total. The van der Waals surface area contributed by atoms with E-state index >= 15 is 0 Å². The van der Waals surface area contributed by atoms with Crippen molar-refractivity contribution in [1.29, 1.82) is 0 Å². The Labute approximate surface area is 97.0 Å². The molecule has 2 aliphatic heterocycles. The average molecular weight is 265 g/mol. The van der Waals surface area contributed by atoms with Crippen LogP contribution in [0, 0.1) is 0 Å². The number of primary amides is 1. The SMILES string of the molecule is NC(=O)[C@H]1CCC2CN1C(=O)N2OS(=O)(=O)O. The number of hydrogen-bond acceptors (Lipinski definition) is 5. The standard InChI is InChI=1S/C7H11N3O6S/c8-6(11)5-2-1-4-3-9(5)7(12)10(4)16-17(13,14)15/h4-5H,1-3H2,(H2,8,11)(H,13,14,15)/t4?,5-/m1/s1. The van der Waals surface area contributed by atoms with Crippen molar-refractivity contribution in [3.63, 3.8) is 0 Å². The normalized spacial score (nSPS) is 28.6. The summed E-state index contributed by atoms with van der Waals surface area (Å²) < 4.78 is 33.8. The first kappa shape index (κ1) is 12.1. The predicted octanol–water partition coefficient (Wildman–Crippen LogP) is -1.53. The highest BCUT2D eigenvalue weighted by molar-refractivity contribution is 7.80. The van der Waals surface area contributed by atoms with Crippen molar-refractivity contribution in [2.45, 2.75) is 24.9 Å². The molecule has 0 radical (unpaired) electrons. The van der Waals surface area contributed by atoms with Crippen molar-refractivity contribution in [3.8, 4) is 0 Å². The van der Waals surface area contributed by atoms with Crippen LogP contribution >= 0.6 is 0 Å². The summed E-state index contributed by atoms with van der Waals surface area (Å²) in [6.45, 7) is 0.155. The first-order chi connectivity index (χ1) is 7.79. The summed E-state index contributed by atoms with van der Waals surface area (Å²) in [4.78, 5) is 23.9. The minimum absolute atomic E-state index is 0.155. The molecule has 0 aromatic carbocycles. The fourth-order valence-corrected chi connectivity index (χ4v) is 2.52. The number of nitrogens with zero attached hydrogens (tertiary/aromatic N) is 2. The zero-order chi connectivity index (χ0) is 12.8. The molecule has 2 bridgehead atoms. The van der Waals surface area contributed by atoms with Crippen LogP contribution in [0.15, 0.2) is 0 Å². The van der Waals surface area contributed by atoms with Crippen LogP contribution < -0.4 is 5.73 Å². The molecule has 3 amide bonds. The fourth-order valence-electron chi connectivity index (χ4n) is 2.13. The molecule has 2 heterocycles. The quantitative estimate of drug-likeness (QED) is 0.595. The van der Waals surface area contributed by atoms with Crippen LogP contribution in [-0.4, -0.2) is 53.5 Å². The molecule has 17 heavy (non-hydrogen) atoms. The smallest absolute Gasteiger partial charge is 0.368 e. The van der Waals surface area contributed by atoms with Crippen LogP contribution in [0.1, 0.15) is 12.8 Å². The predicted molar refractivity (Wildman–Crippen MR) is 52.6 cm³/mol. The summed E-state index contributed by atoms with van der Waals surface area (Å²) in [5.41, 5.74) is 5.13. The molecular formula is C7H11N3O6S. The molecule has 0 spiro atoms. The van der Waals surface area contributed by atoms with E-state index in [-0.39, 0.29) is 6.54 Å². The highest BCUT2D eigenvalue weighted by Crippen LogP contribution is 2.30. The molecule has 2 aliphatic rings. The second-order valence-electron chi connectivity index (χ2n) is 3.91. The van der Waals surface area contributed by atoms with Gasteiger partial charge in [0.25, 0.3) is 0 Å². The number of carbonyl (C=O) groups is 2. The molecular weight excluding hydrogens is 254 g/mol. The van der Waals surface area contributed by atoms with E-state index in [1.165, 1.54) is 0 Å². The molecule has 1 unspecified atom stereocenters. The van der Waals surface area contributed by atoms with Crippen LogP contribution in [-0.2, 0) is 19.5 Å². The minimum Gasteiger partial charge on any atom is -0.368 e. The lowest BCUT2D eigenvalue weighted by atomic mass is 10.0.